The van der Waals surface area contributed by atoms with Crippen molar-refractivity contribution in [2.45, 2.75) is 24.3 Å². The van der Waals surface area contributed by atoms with Crippen molar-refractivity contribution < 1.29 is 8.42 Å². The van der Waals surface area contributed by atoms with Crippen LogP contribution in [0, 0.1) is 0 Å². The molecule has 0 aliphatic carbocycles. The van der Waals surface area contributed by atoms with Gasteiger partial charge in [0, 0.05) is 35.6 Å². The van der Waals surface area contributed by atoms with Crippen LogP contribution in [-0.2, 0) is 9.84 Å². The SMILES string of the molecule is CC(C)S(=O)(=O)CCNCC1CSCCS1. The van der Waals surface area contributed by atoms with Crippen LogP contribution in [0.25, 0.3) is 0 Å². The van der Waals surface area contributed by atoms with E-state index in [2.05, 4.69) is 5.32 Å². The Kier molecular flexibility index (Phi) is 6.54. The smallest absolute Gasteiger partial charge is 0.153 e. The third-order valence-electron chi connectivity index (χ3n) is 2.54. The van der Waals surface area contributed by atoms with E-state index in [0.717, 1.165) is 6.54 Å². The number of rotatable bonds is 6. The van der Waals surface area contributed by atoms with Gasteiger partial charge in [-0.05, 0) is 13.8 Å². The highest BCUT2D eigenvalue weighted by molar-refractivity contribution is 8.06. The predicted octanol–water partition coefficient (Wildman–Crippen LogP) is 1.25. The zero-order chi connectivity index (χ0) is 12.0. The molecule has 0 saturated carbocycles. The third-order valence-corrected chi connectivity index (χ3v) is 7.59. The van der Waals surface area contributed by atoms with Crippen molar-refractivity contribution in [2.75, 3.05) is 36.1 Å². The Hall–Kier alpha value is 0.610. The summed E-state index contributed by atoms with van der Waals surface area (Å²) in [4.78, 5) is 0. The Balaban J connectivity index is 2.11. The van der Waals surface area contributed by atoms with Gasteiger partial charge in [-0.15, -0.1) is 0 Å². The lowest BCUT2D eigenvalue weighted by Crippen LogP contribution is -2.33. The van der Waals surface area contributed by atoms with Crippen molar-refractivity contribution in [3.63, 3.8) is 0 Å². The predicted molar refractivity (Wildman–Crippen MR) is 75.4 cm³/mol. The van der Waals surface area contributed by atoms with Crippen molar-refractivity contribution in [1.29, 1.82) is 0 Å². The van der Waals surface area contributed by atoms with Crippen LogP contribution in [0.2, 0.25) is 0 Å². The maximum atomic E-state index is 11.5. The average molecular weight is 283 g/mol. The van der Waals surface area contributed by atoms with E-state index in [1.54, 1.807) is 13.8 Å². The zero-order valence-corrected chi connectivity index (χ0v) is 12.4. The highest BCUT2D eigenvalue weighted by Gasteiger charge is 2.16. The van der Waals surface area contributed by atoms with Gasteiger partial charge in [-0.2, -0.15) is 23.5 Å². The Morgan fingerprint density at radius 3 is 2.69 bits per heavy atom. The monoisotopic (exact) mass is 283 g/mol. The second-order valence-electron chi connectivity index (χ2n) is 4.19. The topological polar surface area (TPSA) is 46.2 Å². The first-order chi connectivity index (χ1) is 7.52. The molecule has 0 spiro atoms. The molecule has 0 amide bonds. The number of hydrogen-bond acceptors (Lipinski definition) is 5. The van der Waals surface area contributed by atoms with E-state index in [1.807, 2.05) is 23.5 Å². The molecular formula is C10H21NO2S3. The summed E-state index contributed by atoms with van der Waals surface area (Å²) >= 11 is 3.99. The molecule has 96 valence electrons. The Morgan fingerprint density at radius 1 is 1.38 bits per heavy atom. The first-order valence-electron chi connectivity index (χ1n) is 5.64. The van der Waals surface area contributed by atoms with Gasteiger partial charge in [0.25, 0.3) is 0 Å². The first kappa shape index (κ1) is 14.7. The van der Waals surface area contributed by atoms with Crippen molar-refractivity contribution in [3.8, 4) is 0 Å². The van der Waals surface area contributed by atoms with Crippen LogP contribution in [0.1, 0.15) is 13.8 Å². The molecule has 1 fully saturated rings. The molecule has 16 heavy (non-hydrogen) atoms. The van der Waals surface area contributed by atoms with Gasteiger partial charge in [0.15, 0.2) is 9.84 Å². The Bertz CT molecular complexity index is 284. The maximum Gasteiger partial charge on any atom is 0.153 e. The summed E-state index contributed by atoms with van der Waals surface area (Å²) < 4.78 is 23.1. The first-order valence-corrected chi connectivity index (χ1v) is 9.56. The molecule has 1 atom stereocenters. The quantitative estimate of drug-likeness (QED) is 0.743. The molecule has 6 heteroatoms. The summed E-state index contributed by atoms with van der Waals surface area (Å²) in [5.41, 5.74) is 0. The second kappa shape index (κ2) is 7.13. The lowest BCUT2D eigenvalue weighted by molar-refractivity contribution is 0.582. The van der Waals surface area contributed by atoms with E-state index in [1.165, 1.54) is 17.3 Å². The van der Waals surface area contributed by atoms with Gasteiger partial charge in [-0.3, -0.25) is 0 Å². The van der Waals surface area contributed by atoms with Crippen molar-refractivity contribution in [2.24, 2.45) is 0 Å². The molecule has 1 saturated heterocycles. The molecule has 1 N–H and O–H groups in total. The number of nitrogens with one attached hydrogen (secondary N) is 1. The molecule has 1 heterocycles. The van der Waals surface area contributed by atoms with Crippen molar-refractivity contribution >= 4 is 33.4 Å². The van der Waals surface area contributed by atoms with Crippen LogP contribution >= 0.6 is 23.5 Å². The summed E-state index contributed by atoms with van der Waals surface area (Å²) in [6, 6.07) is 0. The molecule has 0 bridgehead atoms. The van der Waals surface area contributed by atoms with Gasteiger partial charge in [-0.1, -0.05) is 0 Å². The van der Waals surface area contributed by atoms with E-state index in [0.29, 0.717) is 11.8 Å². The average Bonchev–Trinajstić information content (AvgIpc) is 2.26. The van der Waals surface area contributed by atoms with Crippen molar-refractivity contribution in [1.82, 2.24) is 5.32 Å². The van der Waals surface area contributed by atoms with Crippen LogP contribution in [0.15, 0.2) is 0 Å². The summed E-state index contributed by atoms with van der Waals surface area (Å²) in [6.07, 6.45) is 0. The molecule has 0 aromatic heterocycles. The fourth-order valence-electron chi connectivity index (χ4n) is 1.37. The van der Waals surface area contributed by atoms with E-state index >= 15 is 0 Å². The Labute approximate surface area is 107 Å². The van der Waals surface area contributed by atoms with Crippen LogP contribution in [-0.4, -0.2) is 55.0 Å². The standard InChI is InChI=1S/C10H21NO2S3/c1-9(2)16(12,13)6-3-11-7-10-8-14-4-5-15-10/h9-11H,3-8H2,1-2H3. The van der Waals surface area contributed by atoms with Gasteiger partial charge in [0.2, 0.25) is 0 Å². The highest BCUT2D eigenvalue weighted by atomic mass is 32.2. The molecule has 0 radical (unpaired) electrons. The molecule has 3 nitrogen and oxygen atoms in total. The van der Waals surface area contributed by atoms with Gasteiger partial charge in [-0.25, -0.2) is 8.42 Å². The highest BCUT2D eigenvalue weighted by Crippen LogP contribution is 2.23. The van der Waals surface area contributed by atoms with Gasteiger partial charge >= 0.3 is 0 Å². The number of thioether (sulfide) groups is 2. The Morgan fingerprint density at radius 2 is 2.12 bits per heavy atom. The normalized spacial score (nSPS) is 22.6. The largest absolute Gasteiger partial charge is 0.315 e. The van der Waals surface area contributed by atoms with E-state index in [9.17, 15) is 8.42 Å². The molecular weight excluding hydrogens is 262 g/mol. The number of hydrogen-bond donors (Lipinski definition) is 1. The maximum absolute atomic E-state index is 11.5. The second-order valence-corrected chi connectivity index (χ2v) is 9.42. The number of sulfone groups is 1. The minimum atomic E-state index is -2.88. The van der Waals surface area contributed by atoms with Gasteiger partial charge in [0.1, 0.15) is 0 Å². The third kappa shape index (κ3) is 5.29. The molecule has 1 rings (SSSR count). The minimum absolute atomic E-state index is 0.256. The van der Waals surface area contributed by atoms with E-state index < -0.39 is 9.84 Å². The van der Waals surface area contributed by atoms with Crippen LogP contribution in [0.4, 0.5) is 0 Å². The zero-order valence-electron chi connectivity index (χ0n) is 9.94. The van der Waals surface area contributed by atoms with E-state index in [-0.39, 0.29) is 11.0 Å². The summed E-state index contributed by atoms with van der Waals surface area (Å²) in [5, 5.41) is 3.65. The van der Waals surface area contributed by atoms with Gasteiger partial charge in [0.05, 0.1) is 11.0 Å². The van der Waals surface area contributed by atoms with Crippen LogP contribution < -0.4 is 5.32 Å². The lowest BCUT2D eigenvalue weighted by Gasteiger charge is -2.21. The fourth-order valence-corrected chi connectivity index (χ4v) is 4.91. The molecule has 1 aliphatic heterocycles. The van der Waals surface area contributed by atoms with E-state index in [4.69, 9.17) is 0 Å². The van der Waals surface area contributed by atoms with Crippen LogP contribution in [0.5, 0.6) is 0 Å². The molecule has 0 aromatic rings. The lowest BCUT2D eigenvalue weighted by atomic mass is 10.4. The summed E-state index contributed by atoms with van der Waals surface area (Å²) in [6.45, 7) is 5.00. The minimum Gasteiger partial charge on any atom is -0.315 e. The summed E-state index contributed by atoms with van der Waals surface area (Å²) in [7, 11) is -2.88. The molecule has 1 aliphatic rings. The van der Waals surface area contributed by atoms with Crippen LogP contribution in [0.3, 0.4) is 0 Å². The summed E-state index contributed by atoms with van der Waals surface area (Å²) in [5.74, 6) is 3.92. The van der Waals surface area contributed by atoms with Gasteiger partial charge < -0.3 is 5.32 Å². The molecule has 1 unspecified atom stereocenters. The molecule has 0 aromatic carbocycles. The van der Waals surface area contributed by atoms with Crippen molar-refractivity contribution in [3.05, 3.63) is 0 Å². The fraction of sp³-hybridized carbons (Fsp3) is 1.00.